The van der Waals surface area contributed by atoms with Gasteiger partial charge in [0.25, 0.3) is 0 Å². The van der Waals surface area contributed by atoms with E-state index in [-0.39, 0.29) is 16.7 Å². The van der Waals surface area contributed by atoms with Gasteiger partial charge in [-0.15, -0.1) is 0 Å². The van der Waals surface area contributed by atoms with E-state index in [2.05, 4.69) is 10.0 Å². The van der Waals surface area contributed by atoms with Gasteiger partial charge in [-0.05, 0) is 37.6 Å². The molecule has 1 aliphatic heterocycles. The van der Waals surface area contributed by atoms with Gasteiger partial charge in [0.1, 0.15) is 0 Å². The van der Waals surface area contributed by atoms with Gasteiger partial charge < -0.3 is 10.1 Å². The molecule has 0 aliphatic carbocycles. The Balaban J connectivity index is 2.08. The molecule has 0 unspecified atom stereocenters. The number of nitrogens with one attached hydrogen (secondary N) is 2. The van der Waals surface area contributed by atoms with Gasteiger partial charge in [-0.2, -0.15) is 0 Å². The molecule has 2 rings (SSSR count). The molecule has 0 radical (unpaired) electrons. The Morgan fingerprint density at radius 2 is 2.32 bits per heavy atom. The summed E-state index contributed by atoms with van der Waals surface area (Å²) in [4.78, 5) is -0.0937. The molecule has 1 atom stereocenters. The highest BCUT2D eigenvalue weighted by Crippen LogP contribution is 2.20. The lowest BCUT2D eigenvalue weighted by molar-refractivity contribution is 0.385. The van der Waals surface area contributed by atoms with Crippen LogP contribution in [0.25, 0.3) is 0 Å². The summed E-state index contributed by atoms with van der Waals surface area (Å²) in [6.45, 7) is 1.22. The van der Waals surface area contributed by atoms with Crippen LogP contribution in [0.5, 0.6) is 5.75 Å². The number of hydrogen-bond acceptors (Lipinski definition) is 4. The molecule has 1 aromatic rings. The van der Waals surface area contributed by atoms with Gasteiger partial charge in [0.2, 0.25) is 10.0 Å². The van der Waals surface area contributed by atoms with Crippen molar-refractivity contribution in [3.63, 3.8) is 0 Å². The van der Waals surface area contributed by atoms with Gasteiger partial charge in [0, 0.05) is 12.6 Å². The molecular formula is C12H17FN2O3S. The lowest BCUT2D eigenvalue weighted by Crippen LogP contribution is -2.37. The summed E-state index contributed by atoms with van der Waals surface area (Å²) in [5.74, 6) is -0.666. The molecule has 0 amide bonds. The Hall–Kier alpha value is -1.18. The maximum Gasteiger partial charge on any atom is 0.240 e. The van der Waals surface area contributed by atoms with Crippen LogP contribution in [-0.4, -0.2) is 34.7 Å². The van der Waals surface area contributed by atoms with Crippen LogP contribution in [0.3, 0.4) is 0 Å². The zero-order valence-electron chi connectivity index (χ0n) is 10.6. The van der Waals surface area contributed by atoms with E-state index >= 15 is 0 Å². The number of methoxy groups -OCH3 is 1. The molecule has 7 heteroatoms. The molecule has 1 aliphatic rings. The number of benzene rings is 1. The molecule has 1 fully saturated rings. The van der Waals surface area contributed by atoms with E-state index < -0.39 is 15.8 Å². The second-order valence-corrected chi connectivity index (χ2v) is 6.21. The smallest absolute Gasteiger partial charge is 0.240 e. The quantitative estimate of drug-likeness (QED) is 0.843. The zero-order chi connectivity index (χ0) is 13.9. The number of ether oxygens (including phenoxy) is 1. The monoisotopic (exact) mass is 288 g/mol. The maximum atomic E-state index is 13.5. The fourth-order valence-electron chi connectivity index (χ4n) is 2.04. The Morgan fingerprint density at radius 1 is 1.53 bits per heavy atom. The minimum atomic E-state index is -3.68. The van der Waals surface area contributed by atoms with Gasteiger partial charge in [0.05, 0.1) is 12.0 Å². The van der Waals surface area contributed by atoms with Crippen LogP contribution in [0.4, 0.5) is 4.39 Å². The predicted octanol–water partition coefficient (Wildman–Crippen LogP) is 0.865. The Bertz CT molecular complexity index is 542. The third-order valence-corrected chi connectivity index (χ3v) is 4.54. The van der Waals surface area contributed by atoms with E-state index in [0.29, 0.717) is 6.54 Å². The summed E-state index contributed by atoms with van der Waals surface area (Å²) in [6.07, 6.45) is 1.99. The number of sulfonamides is 1. The van der Waals surface area contributed by atoms with Crippen LogP contribution in [-0.2, 0) is 10.0 Å². The minimum Gasteiger partial charge on any atom is -0.494 e. The fourth-order valence-corrected chi connectivity index (χ4v) is 3.13. The van der Waals surface area contributed by atoms with Crippen LogP contribution >= 0.6 is 0 Å². The van der Waals surface area contributed by atoms with Crippen LogP contribution < -0.4 is 14.8 Å². The van der Waals surface area contributed by atoms with Gasteiger partial charge in [-0.1, -0.05) is 0 Å². The van der Waals surface area contributed by atoms with Crippen molar-refractivity contribution in [3.05, 3.63) is 24.0 Å². The number of halogens is 1. The third-order valence-electron chi connectivity index (χ3n) is 3.12. The molecule has 1 heterocycles. The molecule has 19 heavy (non-hydrogen) atoms. The molecule has 1 aromatic carbocycles. The van der Waals surface area contributed by atoms with E-state index in [9.17, 15) is 12.8 Å². The van der Waals surface area contributed by atoms with Crippen molar-refractivity contribution < 1.29 is 17.5 Å². The van der Waals surface area contributed by atoms with E-state index in [1.165, 1.54) is 19.2 Å². The first-order valence-electron chi connectivity index (χ1n) is 6.09. The molecule has 0 bridgehead atoms. The molecule has 106 valence electrons. The molecular weight excluding hydrogens is 271 g/mol. The van der Waals surface area contributed by atoms with Gasteiger partial charge in [0.15, 0.2) is 11.6 Å². The molecule has 5 nitrogen and oxygen atoms in total. The van der Waals surface area contributed by atoms with E-state index in [0.717, 1.165) is 25.5 Å². The second-order valence-electron chi connectivity index (χ2n) is 4.44. The average Bonchev–Trinajstić information content (AvgIpc) is 2.89. The Morgan fingerprint density at radius 3 is 2.89 bits per heavy atom. The van der Waals surface area contributed by atoms with Crippen molar-refractivity contribution in [3.8, 4) is 5.75 Å². The highest BCUT2D eigenvalue weighted by molar-refractivity contribution is 7.89. The number of rotatable bonds is 5. The average molecular weight is 288 g/mol. The standard InChI is InChI=1S/C12H17FN2O3S/c1-18-12-5-4-10(7-11(12)13)19(16,17)15-8-9-3-2-6-14-9/h4-5,7,9,14-15H,2-3,6,8H2,1H3/t9-/m0/s1. The van der Waals surface area contributed by atoms with Crippen LogP contribution in [0.1, 0.15) is 12.8 Å². The van der Waals surface area contributed by atoms with Crippen molar-refractivity contribution in [2.75, 3.05) is 20.2 Å². The van der Waals surface area contributed by atoms with Crippen LogP contribution in [0.2, 0.25) is 0 Å². The lowest BCUT2D eigenvalue weighted by Gasteiger charge is -2.12. The molecule has 0 spiro atoms. The highest BCUT2D eigenvalue weighted by atomic mass is 32.2. The summed E-state index contributed by atoms with van der Waals surface area (Å²) in [6, 6.07) is 3.74. The van der Waals surface area contributed by atoms with Crippen LogP contribution in [0.15, 0.2) is 23.1 Å². The van der Waals surface area contributed by atoms with Crippen molar-refractivity contribution in [2.24, 2.45) is 0 Å². The predicted molar refractivity (Wildman–Crippen MR) is 69.2 cm³/mol. The van der Waals surface area contributed by atoms with E-state index in [4.69, 9.17) is 4.74 Å². The van der Waals surface area contributed by atoms with Crippen molar-refractivity contribution in [2.45, 2.75) is 23.8 Å². The summed E-state index contributed by atoms with van der Waals surface area (Å²) in [7, 11) is -2.35. The topological polar surface area (TPSA) is 67.4 Å². The fraction of sp³-hybridized carbons (Fsp3) is 0.500. The van der Waals surface area contributed by atoms with Crippen molar-refractivity contribution in [1.82, 2.24) is 10.0 Å². The zero-order valence-corrected chi connectivity index (χ0v) is 11.5. The SMILES string of the molecule is COc1ccc(S(=O)(=O)NC[C@@H]2CCCN2)cc1F. The summed E-state index contributed by atoms with van der Waals surface area (Å²) < 4.78 is 44.7. The van der Waals surface area contributed by atoms with Crippen molar-refractivity contribution in [1.29, 1.82) is 0 Å². The molecule has 0 saturated carbocycles. The van der Waals surface area contributed by atoms with E-state index in [1.807, 2.05) is 0 Å². The largest absolute Gasteiger partial charge is 0.494 e. The van der Waals surface area contributed by atoms with Crippen LogP contribution in [0, 0.1) is 5.82 Å². The highest BCUT2D eigenvalue weighted by Gasteiger charge is 2.20. The number of hydrogen-bond donors (Lipinski definition) is 2. The molecule has 0 aromatic heterocycles. The summed E-state index contributed by atoms with van der Waals surface area (Å²) in [5, 5.41) is 3.19. The first kappa shape index (κ1) is 14.2. The van der Waals surface area contributed by atoms with Gasteiger partial charge in [-0.3, -0.25) is 0 Å². The normalized spacial score (nSPS) is 19.6. The lowest BCUT2D eigenvalue weighted by atomic mass is 10.2. The Labute approximate surface area is 112 Å². The first-order valence-corrected chi connectivity index (χ1v) is 7.58. The van der Waals surface area contributed by atoms with E-state index in [1.54, 1.807) is 0 Å². The first-order chi connectivity index (χ1) is 9.03. The molecule has 2 N–H and O–H groups in total. The third kappa shape index (κ3) is 3.43. The summed E-state index contributed by atoms with van der Waals surface area (Å²) >= 11 is 0. The minimum absolute atomic E-state index is 0.0245. The van der Waals surface area contributed by atoms with Gasteiger partial charge >= 0.3 is 0 Å². The van der Waals surface area contributed by atoms with Gasteiger partial charge in [-0.25, -0.2) is 17.5 Å². The maximum absolute atomic E-state index is 13.5. The molecule has 1 saturated heterocycles. The Kier molecular flexibility index (Phi) is 4.38. The van der Waals surface area contributed by atoms with Crippen molar-refractivity contribution >= 4 is 10.0 Å². The summed E-state index contributed by atoms with van der Waals surface area (Å²) in [5.41, 5.74) is 0. The second kappa shape index (κ2) is 5.85.